The van der Waals surface area contributed by atoms with Gasteiger partial charge in [0.25, 0.3) is 0 Å². The monoisotopic (exact) mass is 981 g/mol. The summed E-state index contributed by atoms with van der Waals surface area (Å²) in [5.41, 5.74) is 2.50. The number of piperidine rings is 2. The highest BCUT2D eigenvalue weighted by atomic mass is 16.5. The van der Waals surface area contributed by atoms with Gasteiger partial charge in [-0.05, 0) is 240 Å². The molecule has 0 spiro atoms. The van der Waals surface area contributed by atoms with E-state index in [1.165, 1.54) is 34.7 Å². The Morgan fingerprint density at radius 2 is 0.944 bits per heavy atom. The minimum atomic E-state index is -0.0563. The molecule has 2 saturated heterocycles. The lowest BCUT2D eigenvalue weighted by atomic mass is 9.88. The summed E-state index contributed by atoms with van der Waals surface area (Å²) in [6.07, 6.45) is 12.5. The fraction of sp³-hybridized carbons (Fsp3) is 0.633. The number of aromatic hydroxyl groups is 1. The number of rotatable bonds is 14. The van der Waals surface area contributed by atoms with Gasteiger partial charge in [-0.2, -0.15) is 0 Å². The molecule has 0 amide bonds. The van der Waals surface area contributed by atoms with Gasteiger partial charge in [0.1, 0.15) is 11.5 Å². The molecule has 4 aromatic carbocycles. The lowest BCUT2D eigenvalue weighted by Gasteiger charge is -2.31. The summed E-state index contributed by atoms with van der Waals surface area (Å²) in [6.45, 7) is 24.6. The van der Waals surface area contributed by atoms with Crippen molar-refractivity contribution in [2.75, 3.05) is 52.6 Å². The van der Waals surface area contributed by atoms with Crippen LogP contribution in [0.2, 0.25) is 0 Å². The average molecular weight is 981 g/mol. The van der Waals surface area contributed by atoms with Crippen LogP contribution >= 0.6 is 0 Å². The molecule has 0 aromatic heterocycles. The number of benzene rings is 4. The standard InChI is InChI=1S/C30H43NO4.C19H23NO3.C11H22O2/c1-5-33-29(32)24-14-16-31(17-15-24)20-23-6-9-26-19-28(13-10-25(26)18-23)35-27-11-7-22(8-12-27)21-34-30(2,3)4;1-2-23-19(22)15-7-9-20(10-8-15)13-14-3-4-17-12-18(21)6-5-16(17)11-14;1-11(2,3)13-8-9-4-6-10(12)7-5-9/h6,9-10,13,18-19,22,24,27H,5,7-8,11-12,14-17,20-21H2,1-4H3;3-6,11-12,15,21H,2,7-10,13H2,1H3;9-10,12H,4-8H2,1-3H3. The first kappa shape index (κ1) is 56.0. The molecular weight excluding hydrogens is 893 g/mol. The van der Waals surface area contributed by atoms with Crippen molar-refractivity contribution in [3.05, 3.63) is 83.9 Å². The molecule has 2 saturated carbocycles. The predicted molar refractivity (Wildman–Crippen MR) is 285 cm³/mol. The predicted octanol–water partition coefficient (Wildman–Crippen LogP) is 12.0. The van der Waals surface area contributed by atoms with Crippen LogP contribution in [0, 0.1) is 23.7 Å². The van der Waals surface area contributed by atoms with Crippen LogP contribution in [-0.4, -0.2) is 108 Å². The van der Waals surface area contributed by atoms with Crippen LogP contribution in [0.5, 0.6) is 11.5 Å². The maximum Gasteiger partial charge on any atom is 0.309 e. The summed E-state index contributed by atoms with van der Waals surface area (Å²) in [4.78, 5) is 28.6. The number of fused-ring (bicyclic) bond motifs is 2. The number of aliphatic hydroxyl groups excluding tert-OH is 1. The van der Waals surface area contributed by atoms with Crippen molar-refractivity contribution in [1.29, 1.82) is 0 Å². The van der Waals surface area contributed by atoms with Gasteiger partial charge in [-0.15, -0.1) is 0 Å². The molecule has 2 aliphatic carbocycles. The van der Waals surface area contributed by atoms with Crippen LogP contribution in [0.1, 0.15) is 144 Å². The molecule has 4 aromatic rings. The topological polar surface area (TPSA) is 127 Å². The Morgan fingerprint density at radius 1 is 0.535 bits per heavy atom. The van der Waals surface area contributed by atoms with Gasteiger partial charge < -0.3 is 33.9 Å². The van der Waals surface area contributed by atoms with Crippen LogP contribution in [-0.2, 0) is 41.6 Å². The molecule has 0 atom stereocenters. The molecule has 0 radical (unpaired) electrons. The molecule has 2 aliphatic heterocycles. The number of aliphatic hydroxyl groups is 1. The zero-order valence-electron chi connectivity index (χ0n) is 44.6. The smallest absolute Gasteiger partial charge is 0.309 e. The third-order valence-corrected chi connectivity index (χ3v) is 14.4. The quantitative estimate of drug-likeness (QED) is 0.117. The number of phenols is 1. The van der Waals surface area contributed by atoms with Crippen molar-refractivity contribution in [3.8, 4) is 11.5 Å². The van der Waals surface area contributed by atoms with E-state index in [4.69, 9.17) is 23.7 Å². The molecule has 0 bridgehead atoms. The maximum atomic E-state index is 12.0. The Bertz CT molecular complexity index is 2240. The van der Waals surface area contributed by atoms with E-state index in [9.17, 15) is 19.8 Å². The van der Waals surface area contributed by atoms with Crippen molar-refractivity contribution in [2.24, 2.45) is 23.7 Å². The van der Waals surface area contributed by atoms with Crippen LogP contribution in [0.15, 0.2) is 72.8 Å². The van der Waals surface area contributed by atoms with Gasteiger partial charge >= 0.3 is 11.9 Å². The second kappa shape index (κ2) is 27.2. The lowest BCUT2D eigenvalue weighted by molar-refractivity contribution is -0.150. The Balaban J connectivity index is 0.000000195. The minimum absolute atomic E-state index is 0.0178. The molecule has 11 nitrogen and oxygen atoms in total. The van der Waals surface area contributed by atoms with E-state index >= 15 is 0 Å². The highest BCUT2D eigenvalue weighted by Crippen LogP contribution is 2.32. The third-order valence-electron chi connectivity index (χ3n) is 14.4. The van der Waals surface area contributed by atoms with E-state index in [0.717, 1.165) is 133 Å². The number of carbonyl (C=O) groups excluding carboxylic acids is 2. The SMILES string of the molecule is CC(C)(C)OCC1CCC(O)CC1.CCOC(=O)C1CCN(Cc2ccc3cc(O)ccc3c2)CC1.CCOC(=O)C1CCN(Cc2ccc3cc(OC4CCC(COC(C)(C)C)CC4)ccc3c2)CC1. The maximum absolute atomic E-state index is 12.0. The third kappa shape index (κ3) is 19.3. The Kier molecular flexibility index (Phi) is 21.4. The molecular formula is C60H88N2O9. The summed E-state index contributed by atoms with van der Waals surface area (Å²) < 4.78 is 28.4. The van der Waals surface area contributed by atoms with E-state index in [0.29, 0.717) is 36.9 Å². The summed E-state index contributed by atoms with van der Waals surface area (Å²) >= 11 is 0. The van der Waals surface area contributed by atoms with Crippen LogP contribution in [0.25, 0.3) is 21.5 Å². The first-order chi connectivity index (χ1) is 33.9. The first-order valence-corrected chi connectivity index (χ1v) is 27.1. The largest absolute Gasteiger partial charge is 0.508 e. The fourth-order valence-corrected chi connectivity index (χ4v) is 10.2. The number of ether oxygens (including phenoxy) is 5. The summed E-state index contributed by atoms with van der Waals surface area (Å²) in [6, 6.07) is 25.0. The van der Waals surface area contributed by atoms with Gasteiger partial charge in [0.2, 0.25) is 0 Å². The number of hydrogen-bond donors (Lipinski definition) is 2. The van der Waals surface area contributed by atoms with Crippen molar-refractivity contribution >= 4 is 33.5 Å². The number of phenolic OH excluding ortho intramolecular Hbond substituents is 1. The zero-order chi connectivity index (χ0) is 51.0. The van der Waals surface area contributed by atoms with E-state index in [1.807, 2.05) is 19.9 Å². The van der Waals surface area contributed by atoms with Crippen molar-refractivity contribution in [1.82, 2.24) is 9.80 Å². The molecule has 2 heterocycles. The first-order valence-electron chi connectivity index (χ1n) is 27.1. The highest BCUT2D eigenvalue weighted by molar-refractivity contribution is 5.85. The fourth-order valence-electron chi connectivity index (χ4n) is 10.2. The van der Waals surface area contributed by atoms with Crippen molar-refractivity contribution < 1.29 is 43.5 Å². The normalized spacial score (nSPS) is 21.9. The Hall–Kier alpha value is -4.26. The molecule has 2 N–H and O–H groups in total. The van der Waals surface area contributed by atoms with Gasteiger partial charge in [-0.3, -0.25) is 19.4 Å². The summed E-state index contributed by atoms with van der Waals surface area (Å²) in [7, 11) is 0. The average Bonchev–Trinajstić information content (AvgIpc) is 3.34. The van der Waals surface area contributed by atoms with Crippen LogP contribution in [0.4, 0.5) is 0 Å². The minimum Gasteiger partial charge on any atom is -0.508 e. The van der Waals surface area contributed by atoms with E-state index in [1.54, 1.807) is 12.1 Å². The number of nitrogens with zero attached hydrogens (tertiary/aromatic N) is 2. The lowest BCUT2D eigenvalue weighted by Crippen LogP contribution is -2.36. The van der Waals surface area contributed by atoms with Crippen LogP contribution in [0.3, 0.4) is 0 Å². The van der Waals surface area contributed by atoms with Crippen molar-refractivity contribution in [3.63, 3.8) is 0 Å². The second-order valence-corrected chi connectivity index (χ2v) is 22.6. The molecule has 71 heavy (non-hydrogen) atoms. The molecule has 392 valence electrons. The van der Waals surface area contributed by atoms with Gasteiger partial charge in [0.05, 0.1) is 61.7 Å². The summed E-state index contributed by atoms with van der Waals surface area (Å²) in [5, 5.41) is 23.5. The van der Waals surface area contributed by atoms with E-state index in [2.05, 4.69) is 106 Å². The molecule has 4 aliphatic rings. The number of carbonyl (C=O) groups is 2. The number of hydrogen-bond acceptors (Lipinski definition) is 11. The van der Waals surface area contributed by atoms with E-state index in [-0.39, 0.29) is 41.1 Å². The molecule has 11 heteroatoms. The second-order valence-electron chi connectivity index (χ2n) is 22.6. The molecule has 8 rings (SSSR count). The molecule has 0 unspecified atom stereocenters. The van der Waals surface area contributed by atoms with Gasteiger partial charge in [-0.1, -0.05) is 36.4 Å². The Morgan fingerprint density at radius 3 is 1.39 bits per heavy atom. The van der Waals surface area contributed by atoms with Gasteiger partial charge in [0, 0.05) is 13.1 Å². The number of likely N-dealkylation sites (tertiary alicyclic amines) is 2. The zero-order valence-corrected chi connectivity index (χ0v) is 44.6. The van der Waals surface area contributed by atoms with E-state index < -0.39 is 0 Å². The molecule has 4 fully saturated rings. The summed E-state index contributed by atoms with van der Waals surface area (Å²) in [5.74, 6) is 2.64. The number of esters is 2. The highest BCUT2D eigenvalue weighted by Gasteiger charge is 2.28. The van der Waals surface area contributed by atoms with Crippen LogP contribution < -0.4 is 4.74 Å². The van der Waals surface area contributed by atoms with Crippen molar-refractivity contribution in [2.45, 2.75) is 169 Å². The Labute approximate surface area is 425 Å². The van der Waals surface area contributed by atoms with Gasteiger partial charge in [0.15, 0.2) is 0 Å². The van der Waals surface area contributed by atoms with Gasteiger partial charge in [-0.25, -0.2) is 0 Å².